The fraction of sp³-hybridized carbons (Fsp3) is 0.538. The Morgan fingerprint density at radius 1 is 1.38 bits per heavy atom. The van der Waals surface area contributed by atoms with Crippen LogP contribution >= 0.6 is 0 Å². The van der Waals surface area contributed by atoms with Crippen molar-refractivity contribution in [1.82, 2.24) is 5.32 Å². The van der Waals surface area contributed by atoms with Crippen molar-refractivity contribution in [2.45, 2.75) is 25.3 Å². The van der Waals surface area contributed by atoms with Crippen molar-refractivity contribution in [2.75, 3.05) is 13.7 Å². The molecule has 1 aromatic rings. The first-order valence-corrected chi connectivity index (χ1v) is 5.89. The van der Waals surface area contributed by atoms with Crippen molar-refractivity contribution >= 4 is 0 Å². The van der Waals surface area contributed by atoms with E-state index in [2.05, 4.69) is 5.32 Å². The largest absolute Gasteiger partial charge is 0.496 e. The summed E-state index contributed by atoms with van der Waals surface area (Å²) < 4.78 is 18.8. The van der Waals surface area contributed by atoms with E-state index >= 15 is 0 Å². The van der Waals surface area contributed by atoms with Gasteiger partial charge in [0.1, 0.15) is 11.6 Å². The number of methoxy groups -OCH3 is 1. The lowest BCUT2D eigenvalue weighted by atomic mass is 9.90. The van der Waals surface area contributed by atoms with E-state index in [1.165, 1.54) is 24.5 Å². The Hall–Kier alpha value is -1.09. The maximum Gasteiger partial charge on any atom is 0.127 e. The van der Waals surface area contributed by atoms with Gasteiger partial charge < -0.3 is 10.1 Å². The van der Waals surface area contributed by atoms with E-state index < -0.39 is 0 Å². The molecule has 0 bridgehead atoms. The lowest BCUT2D eigenvalue weighted by molar-refractivity contribution is 0.390. The summed E-state index contributed by atoms with van der Waals surface area (Å²) in [6.07, 6.45) is 3.45. The number of hydrogen-bond acceptors (Lipinski definition) is 2. The van der Waals surface area contributed by atoms with Crippen molar-refractivity contribution in [1.29, 1.82) is 0 Å². The van der Waals surface area contributed by atoms with Gasteiger partial charge in [0.15, 0.2) is 0 Å². The van der Waals surface area contributed by atoms with Gasteiger partial charge in [0, 0.05) is 17.7 Å². The van der Waals surface area contributed by atoms with E-state index in [0.717, 1.165) is 18.5 Å². The van der Waals surface area contributed by atoms with Crippen LogP contribution in [0.4, 0.5) is 4.39 Å². The quantitative estimate of drug-likeness (QED) is 0.828. The van der Waals surface area contributed by atoms with Gasteiger partial charge in [-0.2, -0.15) is 0 Å². The lowest BCUT2D eigenvalue weighted by Gasteiger charge is -2.28. The Kier molecular flexibility index (Phi) is 2.36. The molecule has 3 heteroatoms. The maximum absolute atomic E-state index is 13.5. The number of ether oxygens (including phenoxy) is 1. The first kappa shape index (κ1) is 10.1. The summed E-state index contributed by atoms with van der Waals surface area (Å²) in [6.45, 7) is 0.968. The molecule has 0 amide bonds. The van der Waals surface area contributed by atoms with Crippen LogP contribution in [0.25, 0.3) is 0 Å². The van der Waals surface area contributed by atoms with Crippen molar-refractivity contribution in [3.63, 3.8) is 0 Å². The second-order valence-corrected chi connectivity index (χ2v) is 4.70. The molecule has 1 N–H and O–H groups in total. The molecular formula is C13H16FNO. The van der Waals surface area contributed by atoms with Gasteiger partial charge in [-0.05, 0) is 43.4 Å². The van der Waals surface area contributed by atoms with Crippen LogP contribution < -0.4 is 10.1 Å². The Balaban J connectivity index is 2.07. The maximum atomic E-state index is 13.5. The van der Waals surface area contributed by atoms with Gasteiger partial charge >= 0.3 is 0 Å². The van der Waals surface area contributed by atoms with E-state index in [0.29, 0.717) is 17.7 Å². The molecule has 1 aliphatic carbocycles. The Morgan fingerprint density at radius 3 is 2.88 bits per heavy atom. The Morgan fingerprint density at radius 2 is 2.19 bits per heavy atom. The number of rotatable bonds is 2. The molecule has 2 aliphatic rings. The molecule has 1 unspecified atom stereocenters. The predicted molar refractivity (Wildman–Crippen MR) is 60.1 cm³/mol. The molecule has 3 rings (SSSR count). The summed E-state index contributed by atoms with van der Waals surface area (Å²) in [5, 5.41) is 3.49. The molecule has 0 radical (unpaired) electrons. The van der Waals surface area contributed by atoms with Gasteiger partial charge in [-0.25, -0.2) is 4.39 Å². The molecular weight excluding hydrogens is 205 g/mol. The highest BCUT2D eigenvalue weighted by molar-refractivity contribution is 5.44. The summed E-state index contributed by atoms with van der Waals surface area (Å²) >= 11 is 0. The molecule has 1 aromatic carbocycles. The van der Waals surface area contributed by atoms with E-state index in [4.69, 9.17) is 4.74 Å². The molecule has 16 heavy (non-hydrogen) atoms. The molecule has 86 valence electrons. The number of fused-ring (bicyclic) bond motifs is 1. The summed E-state index contributed by atoms with van der Waals surface area (Å²) in [5.74, 6) is 1.22. The van der Waals surface area contributed by atoms with Crippen LogP contribution in [0, 0.1) is 11.7 Å². The van der Waals surface area contributed by atoms with Crippen molar-refractivity contribution in [3.05, 3.63) is 29.1 Å². The summed E-state index contributed by atoms with van der Waals surface area (Å²) in [6, 6.07) is 3.51. The van der Waals surface area contributed by atoms with Crippen LogP contribution in [0.1, 0.15) is 30.0 Å². The van der Waals surface area contributed by atoms with E-state index in [-0.39, 0.29) is 5.82 Å². The van der Waals surface area contributed by atoms with Gasteiger partial charge in [0.2, 0.25) is 0 Å². The third kappa shape index (κ3) is 1.59. The molecule has 0 saturated heterocycles. The molecule has 1 atom stereocenters. The first-order valence-electron chi connectivity index (χ1n) is 5.89. The van der Waals surface area contributed by atoms with Gasteiger partial charge in [-0.3, -0.25) is 0 Å². The highest BCUT2D eigenvalue weighted by Crippen LogP contribution is 2.45. The smallest absolute Gasteiger partial charge is 0.127 e. The Labute approximate surface area is 94.8 Å². The normalized spacial score (nSPS) is 24.0. The Bertz CT molecular complexity index is 415. The van der Waals surface area contributed by atoms with E-state index in [1.54, 1.807) is 13.2 Å². The van der Waals surface area contributed by atoms with Crippen LogP contribution in [0.3, 0.4) is 0 Å². The average Bonchev–Trinajstić information content (AvgIpc) is 3.11. The number of benzene rings is 1. The highest BCUT2D eigenvalue weighted by Gasteiger charge is 2.35. The minimum Gasteiger partial charge on any atom is -0.496 e. The molecule has 0 aromatic heterocycles. The molecule has 1 heterocycles. The fourth-order valence-electron chi connectivity index (χ4n) is 2.67. The third-order valence-corrected chi connectivity index (χ3v) is 3.60. The van der Waals surface area contributed by atoms with Gasteiger partial charge in [-0.1, -0.05) is 0 Å². The first-order chi connectivity index (χ1) is 7.79. The fourth-order valence-corrected chi connectivity index (χ4v) is 2.67. The van der Waals surface area contributed by atoms with Crippen LogP contribution in [-0.2, 0) is 6.42 Å². The van der Waals surface area contributed by atoms with Gasteiger partial charge in [0.25, 0.3) is 0 Å². The zero-order valence-corrected chi connectivity index (χ0v) is 9.42. The van der Waals surface area contributed by atoms with Gasteiger partial charge in [-0.15, -0.1) is 0 Å². The third-order valence-electron chi connectivity index (χ3n) is 3.60. The lowest BCUT2D eigenvalue weighted by Crippen LogP contribution is -2.31. The number of halogens is 1. The van der Waals surface area contributed by atoms with Crippen LogP contribution in [0.15, 0.2) is 12.1 Å². The van der Waals surface area contributed by atoms with Crippen molar-refractivity contribution < 1.29 is 9.13 Å². The molecule has 2 nitrogen and oxygen atoms in total. The second kappa shape index (κ2) is 3.74. The highest BCUT2D eigenvalue weighted by atomic mass is 19.1. The minimum absolute atomic E-state index is 0.190. The minimum atomic E-state index is -0.190. The van der Waals surface area contributed by atoms with Crippen LogP contribution in [0.5, 0.6) is 5.75 Å². The zero-order valence-electron chi connectivity index (χ0n) is 9.42. The van der Waals surface area contributed by atoms with Crippen LogP contribution in [-0.4, -0.2) is 13.7 Å². The van der Waals surface area contributed by atoms with E-state index in [1.807, 2.05) is 0 Å². The van der Waals surface area contributed by atoms with Gasteiger partial charge in [0.05, 0.1) is 7.11 Å². The molecule has 0 spiro atoms. The number of hydrogen-bond donors (Lipinski definition) is 1. The van der Waals surface area contributed by atoms with Crippen LogP contribution in [0.2, 0.25) is 0 Å². The monoisotopic (exact) mass is 221 g/mol. The van der Waals surface area contributed by atoms with Crippen molar-refractivity contribution in [2.24, 2.45) is 5.92 Å². The number of nitrogens with one attached hydrogen (secondary N) is 1. The molecule has 1 aliphatic heterocycles. The summed E-state index contributed by atoms with van der Waals surface area (Å²) in [7, 11) is 1.61. The standard InChI is InChI=1S/C13H16FNO/c1-16-12-7-9(14)6-11-10(12)4-5-15-13(11)8-2-3-8/h6-8,13,15H,2-5H2,1H3. The molecule has 1 fully saturated rings. The summed E-state index contributed by atoms with van der Waals surface area (Å²) in [4.78, 5) is 0. The van der Waals surface area contributed by atoms with E-state index in [9.17, 15) is 4.39 Å². The second-order valence-electron chi connectivity index (χ2n) is 4.70. The topological polar surface area (TPSA) is 21.3 Å². The summed E-state index contributed by atoms with van der Waals surface area (Å²) in [5.41, 5.74) is 2.31. The predicted octanol–water partition coefficient (Wildman–Crippen LogP) is 2.43. The average molecular weight is 221 g/mol. The zero-order chi connectivity index (χ0) is 11.1. The SMILES string of the molecule is COc1cc(F)cc2c1CCNC2C1CC1. The molecule has 1 saturated carbocycles. The van der Waals surface area contributed by atoms with Crippen molar-refractivity contribution in [3.8, 4) is 5.75 Å².